The fourth-order valence-corrected chi connectivity index (χ4v) is 2.83. The van der Waals surface area contributed by atoms with E-state index in [-0.39, 0.29) is 11.4 Å². The molecule has 3 aromatic carbocycles. The van der Waals surface area contributed by atoms with Gasteiger partial charge in [0.15, 0.2) is 0 Å². The maximum Gasteiger partial charge on any atom is 0.438 e. The first-order chi connectivity index (χ1) is 14.1. The monoisotopic (exact) mass is 389 g/mol. The molecule has 0 saturated carbocycles. The van der Waals surface area contributed by atoms with Crippen LogP contribution in [-0.4, -0.2) is 23.0 Å². The molecule has 1 aliphatic rings. The van der Waals surface area contributed by atoms with Gasteiger partial charge in [-0.2, -0.15) is 10.1 Å². The van der Waals surface area contributed by atoms with Crippen LogP contribution < -0.4 is 9.75 Å². The van der Waals surface area contributed by atoms with Crippen LogP contribution in [0.15, 0.2) is 90.0 Å². The number of carbonyl (C=O) groups excluding carboxylic acids is 1. The molecule has 4 rings (SSSR count). The highest BCUT2D eigenvalue weighted by Crippen LogP contribution is 2.30. The topological polar surface area (TPSA) is 94.3 Å². The predicted octanol–water partition coefficient (Wildman–Crippen LogP) is 4.36. The zero-order valence-corrected chi connectivity index (χ0v) is 15.0. The highest BCUT2D eigenvalue weighted by molar-refractivity contribution is 6.08. The van der Waals surface area contributed by atoms with E-state index in [0.717, 1.165) is 5.01 Å². The van der Waals surface area contributed by atoms with Crippen LogP contribution >= 0.6 is 0 Å². The largest absolute Gasteiger partial charge is 0.442 e. The second kappa shape index (κ2) is 7.81. The summed E-state index contributed by atoms with van der Waals surface area (Å²) in [6.07, 6.45) is -1.99. The number of rotatable bonds is 5. The van der Waals surface area contributed by atoms with E-state index in [1.54, 1.807) is 42.5 Å². The number of benzene rings is 3. The Morgan fingerprint density at radius 2 is 1.55 bits per heavy atom. The molecule has 1 atom stereocenters. The van der Waals surface area contributed by atoms with Gasteiger partial charge in [0.2, 0.25) is 5.75 Å². The third-order valence-corrected chi connectivity index (χ3v) is 4.18. The number of anilines is 1. The standard InChI is InChI=1S/C21H15N3O5/c25-21-23(16-11-5-2-6-12-16)22-19(15-9-3-1-4-10-15)20(29-21)28-18-14-8-7-13-17(18)24(26)27/h1-14,20H. The summed E-state index contributed by atoms with van der Waals surface area (Å²) in [5, 5.41) is 16.9. The van der Waals surface area contributed by atoms with Crippen molar-refractivity contribution in [2.75, 3.05) is 5.01 Å². The molecule has 1 heterocycles. The number of amides is 1. The number of nitro groups is 1. The van der Waals surface area contributed by atoms with Crippen molar-refractivity contribution < 1.29 is 19.2 Å². The summed E-state index contributed by atoms with van der Waals surface area (Å²) < 4.78 is 11.2. The first-order valence-electron chi connectivity index (χ1n) is 8.73. The lowest BCUT2D eigenvalue weighted by atomic mass is 10.1. The van der Waals surface area contributed by atoms with E-state index in [4.69, 9.17) is 9.47 Å². The van der Waals surface area contributed by atoms with Crippen LogP contribution in [0.2, 0.25) is 0 Å². The molecule has 144 valence electrons. The van der Waals surface area contributed by atoms with E-state index in [1.807, 2.05) is 24.3 Å². The summed E-state index contributed by atoms with van der Waals surface area (Å²) in [5.41, 5.74) is 1.26. The number of hydrazone groups is 1. The van der Waals surface area contributed by atoms with E-state index >= 15 is 0 Å². The predicted molar refractivity (Wildman–Crippen MR) is 106 cm³/mol. The van der Waals surface area contributed by atoms with Gasteiger partial charge in [0.25, 0.3) is 6.29 Å². The highest BCUT2D eigenvalue weighted by Gasteiger charge is 2.35. The van der Waals surface area contributed by atoms with Crippen LogP contribution in [0.1, 0.15) is 5.56 Å². The van der Waals surface area contributed by atoms with Gasteiger partial charge in [-0.1, -0.05) is 60.7 Å². The molecule has 0 N–H and O–H groups in total. The van der Waals surface area contributed by atoms with Gasteiger partial charge in [0, 0.05) is 11.6 Å². The number of ether oxygens (including phenoxy) is 2. The quantitative estimate of drug-likeness (QED) is 0.477. The van der Waals surface area contributed by atoms with E-state index < -0.39 is 17.3 Å². The number of para-hydroxylation sites is 3. The van der Waals surface area contributed by atoms with Crippen molar-refractivity contribution in [2.24, 2.45) is 5.10 Å². The van der Waals surface area contributed by atoms with E-state index in [2.05, 4.69) is 5.10 Å². The third kappa shape index (κ3) is 3.77. The number of carbonyl (C=O) groups is 1. The molecule has 8 nitrogen and oxygen atoms in total. The Morgan fingerprint density at radius 3 is 2.24 bits per heavy atom. The molecule has 1 amide bonds. The molecule has 29 heavy (non-hydrogen) atoms. The van der Waals surface area contributed by atoms with Gasteiger partial charge in [0.1, 0.15) is 5.71 Å². The number of hydrogen-bond acceptors (Lipinski definition) is 6. The number of nitro benzene ring substituents is 1. The molecule has 0 radical (unpaired) electrons. The number of hydrogen-bond donors (Lipinski definition) is 0. The Hall–Kier alpha value is -4.20. The molecule has 8 heteroatoms. The van der Waals surface area contributed by atoms with Gasteiger partial charge in [-0.25, -0.2) is 4.79 Å². The average Bonchev–Trinajstić information content (AvgIpc) is 2.75. The molecule has 3 aromatic rings. The lowest BCUT2D eigenvalue weighted by Crippen LogP contribution is -2.44. The molecule has 0 fully saturated rings. The Morgan fingerprint density at radius 1 is 0.931 bits per heavy atom. The summed E-state index contributed by atoms with van der Waals surface area (Å²) in [7, 11) is 0. The van der Waals surface area contributed by atoms with Crippen molar-refractivity contribution in [3.05, 3.63) is 101 Å². The van der Waals surface area contributed by atoms with Crippen molar-refractivity contribution in [3.8, 4) is 5.75 Å². The Labute approximate surface area is 165 Å². The number of nitrogens with zero attached hydrogens (tertiary/aromatic N) is 3. The Balaban J connectivity index is 1.76. The van der Waals surface area contributed by atoms with E-state index in [9.17, 15) is 14.9 Å². The fraction of sp³-hybridized carbons (Fsp3) is 0.0476. The highest BCUT2D eigenvalue weighted by atomic mass is 16.7. The maximum absolute atomic E-state index is 12.6. The molecule has 0 bridgehead atoms. The smallest absolute Gasteiger partial charge is 0.438 e. The van der Waals surface area contributed by atoms with Crippen molar-refractivity contribution in [2.45, 2.75) is 6.29 Å². The molecular weight excluding hydrogens is 374 g/mol. The van der Waals surface area contributed by atoms with Crippen molar-refractivity contribution in [1.29, 1.82) is 0 Å². The first-order valence-corrected chi connectivity index (χ1v) is 8.73. The summed E-state index contributed by atoms with van der Waals surface area (Å²) in [5.74, 6) is -0.0212. The lowest BCUT2D eigenvalue weighted by molar-refractivity contribution is -0.386. The normalized spacial score (nSPS) is 16.0. The third-order valence-electron chi connectivity index (χ3n) is 4.18. The molecule has 0 saturated heterocycles. The summed E-state index contributed by atoms with van der Waals surface area (Å²) >= 11 is 0. The fourth-order valence-electron chi connectivity index (χ4n) is 2.83. The van der Waals surface area contributed by atoms with Crippen LogP contribution in [0, 0.1) is 10.1 Å². The second-order valence-corrected chi connectivity index (χ2v) is 6.06. The summed E-state index contributed by atoms with van der Waals surface area (Å²) in [6, 6.07) is 23.7. The van der Waals surface area contributed by atoms with Crippen LogP contribution in [-0.2, 0) is 4.74 Å². The van der Waals surface area contributed by atoms with Gasteiger partial charge in [-0.15, -0.1) is 0 Å². The van der Waals surface area contributed by atoms with Crippen LogP contribution in [0.5, 0.6) is 5.75 Å². The van der Waals surface area contributed by atoms with Gasteiger partial charge in [0.05, 0.1) is 10.6 Å². The van der Waals surface area contributed by atoms with Gasteiger partial charge in [-0.05, 0) is 18.2 Å². The lowest BCUT2D eigenvalue weighted by Gasteiger charge is -2.29. The Kier molecular flexibility index (Phi) is 4.90. The Bertz CT molecular complexity index is 1070. The van der Waals surface area contributed by atoms with Crippen LogP contribution in [0.4, 0.5) is 16.2 Å². The number of cyclic esters (lactones) is 1. The van der Waals surface area contributed by atoms with Crippen molar-refractivity contribution in [1.82, 2.24) is 0 Å². The minimum Gasteiger partial charge on any atom is -0.442 e. The van der Waals surface area contributed by atoms with E-state index in [0.29, 0.717) is 17.0 Å². The summed E-state index contributed by atoms with van der Waals surface area (Å²) in [4.78, 5) is 23.3. The van der Waals surface area contributed by atoms with Gasteiger partial charge in [-0.3, -0.25) is 10.1 Å². The first kappa shape index (κ1) is 18.2. The molecule has 1 unspecified atom stereocenters. The van der Waals surface area contributed by atoms with Crippen molar-refractivity contribution >= 4 is 23.2 Å². The minimum atomic E-state index is -1.24. The van der Waals surface area contributed by atoms with Gasteiger partial charge < -0.3 is 9.47 Å². The van der Waals surface area contributed by atoms with Gasteiger partial charge >= 0.3 is 11.8 Å². The van der Waals surface area contributed by atoms with E-state index in [1.165, 1.54) is 18.2 Å². The average molecular weight is 389 g/mol. The second-order valence-electron chi connectivity index (χ2n) is 6.06. The molecule has 0 aromatic heterocycles. The molecule has 0 spiro atoms. The molecule has 1 aliphatic heterocycles. The summed E-state index contributed by atoms with van der Waals surface area (Å²) in [6.45, 7) is 0. The zero-order chi connectivity index (χ0) is 20.2. The molecular formula is C21H15N3O5. The zero-order valence-electron chi connectivity index (χ0n) is 15.0. The van der Waals surface area contributed by atoms with Crippen LogP contribution in [0.25, 0.3) is 0 Å². The molecule has 0 aliphatic carbocycles. The SMILES string of the molecule is O=C1OC(Oc2ccccc2[N+](=O)[O-])C(c2ccccc2)=NN1c1ccccc1. The van der Waals surface area contributed by atoms with Crippen molar-refractivity contribution in [3.63, 3.8) is 0 Å². The van der Waals surface area contributed by atoms with Crippen LogP contribution in [0.3, 0.4) is 0 Å². The minimum absolute atomic E-state index is 0.0212. The maximum atomic E-state index is 12.6.